The first-order chi connectivity index (χ1) is 16.1. The molecule has 0 aromatic rings. The number of amides is 2. The van der Waals surface area contributed by atoms with Crippen molar-refractivity contribution in [1.29, 1.82) is 0 Å². The lowest BCUT2D eigenvalue weighted by Gasteiger charge is -2.21. The average Bonchev–Trinajstić information content (AvgIpc) is 2.75. The molecule has 1 aliphatic rings. The van der Waals surface area contributed by atoms with E-state index in [9.17, 15) is 24.3 Å². The van der Waals surface area contributed by atoms with E-state index in [1.54, 1.807) is 6.08 Å². The molecule has 3 atom stereocenters. The second kappa shape index (κ2) is 16.0. The number of imide groups is 1. The first-order valence-corrected chi connectivity index (χ1v) is 12.1. The average molecular weight is 474 g/mol. The smallest absolute Gasteiger partial charge is 0.306 e. The van der Waals surface area contributed by atoms with Gasteiger partial charge in [0.1, 0.15) is 18.0 Å². The molecule has 1 unspecified atom stereocenters. The number of ketones is 1. The number of aliphatic hydroxyl groups is 1. The Morgan fingerprint density at radius 1 is 1.24 bits per heavy atom. The lowest BCUT2D eigenvalue weighted by molar-refractivity contribution is -0.148. The predicted octanol–water partition coefficient (Wildman–Crippen LogP) is 3.79. The van der Waals surface area contributed by atoms with Crippen molar-refractivity contribution in [2.45, 2.75) is 96.7 Å². The Balaban J connectivity index is 2.68. The molecular weight excluding hydrogens is 434 g/mol. The first-order valence-electron chi connectivity index (χ1n) is 12.1. The molecule has 2 amide bonds. The number of piperidine rings is 1. The molecule has 1 rings (SSSR count). The van der Waals surface area contributed by atoms with Crippen molar-refractivity contribution in [2.24, 2.45) is 11.8 Å². The molecule has 1 saturated heterocycles. The maximum Gasteiger partial charge on any atom is 0.306 e. The normalized spacial score (nSPS) is 17.3. The van der Waals surface area contributed by atoms with Crippen LogP contribution in [-0.2, 0) is 23.9 Å². The lowest BCUT2D eigenvalue weighted by Crippen LogP contribution is -2.38. The van der Waals surface area contributed by atoms with Gasteiger partial charge in [0.15, 0.2) is 0 Å². The Labute approximate surface area is 203 Å². The molecule has 2 N–H and O–H groups in total. The zero-order valence-electron chi connectivity index (χ0n) is 20.5. The van der Waals surface area contributed by atoms with E-state index in [1.807, 2.05) is 19.9 Å². The van der Waals surface area contributed by atoms with Gasteiger partial charge in [-0.15, -0.1) is 13.0 Å². The molecule has 34 heavy (non-hydrogen) atoms. The number of carbonyl (C=O) groups is 4. The summed E-state index contributed by atoms with van der Waals surface area (Å²) in [5, 5.41) is 12.0. The van der Waals surface area contributed by atoms with Crippen LogP contribution in [0.4, 0.5) is 0 Å². The minimum Gasteiger partial charge on any atom is -0.457 e. The van der Waals surface area contributed by atoms with Gasteiger partial charge in [0, 0.05) is 32.1 Å². The predicted molar refractivity (Wildman–Crippen MR) is 130 cm³/mol. The summed E-state index contributed by atoms with van der Waals surface area (Å²) in [6.07, 6.45) is 12.6. The van der Waals surface area contributed by atoms with E-state index in [0.29, 0.717) is 44.9 Å². The van der Waals surface area contributed by atoms with Gasteiger partial charge in [-0.25, -0.2) is 0 Å². The molecule has 188 valence electrons. The van der Waals surface area contributed by atoms with Gasteiger partial charge in [-0.1, -0.05) is 25.0 Å². The summed E-state index contributed by atoms with van der Waals surface area (Å²) in [5.41, 5.74) is 0.749. The summed E-state index contributed by atoms with van der Waals surface area (Å²) in [4.78, 5) is 48.1. The van der Waals surface area contributed by atoms with Crippen LogP contribution in [0.15, 0.2) is 24.3 Å². The Bertz CT molecular complexity index is 777. The minimum atomic E-state index is -0.861. The third-order valence-electron chi connectivity index (χ3n) is 5.86. The highest BCUT2D eigenvalue weighted by Crippen LogP contribution is 2.22. The number of carbonyl (C=O) groups excluding carboxylic acids is 4. The van der Waals surface area contributed by atoms with E-state index >= 15 is 0 Å². The summed E-state index contributed by atoms with van der Waals surface area (Å²) in [5.74, 6) is 1.27. The van der Waals surface area contributed by atoms with E-state index in [1.165, 1.54) is 0 Å². The van der Waals surface area contributed by atoms with Crippen LogP contribution in [0.5, 0.6) is 0 Å². The van der Waals surface area contributed by atoms with Gasteiger partial charge in [-0.2, -0.15) is 0 Å². The van der Waals surface area contributed by atoms with Crippen LogP contribution in [0.3, 0.4) is 0 Å². The van der Waals surface area contributed by atoms with E-state index in [4.69, 9.17) is 11.2 Å². The number of Topliss-reactive ketones (excluding diaryl/α,β-unsaturated/α-hetero) is 1. The molecule has 0 aromatic carbocycles. The fourth-order valence-corrected chi connectivity index (χ4v) is 4.07. The fourth-order valence-electron chi connectivity index (χ4n) is 4.07. The van der Waals surface area contributed by atoms with Crippen molar-refractivity contribution >= 4 is 23.6 Å². The topological polar surface area (TPSA) is 110 Å². The van der Waals surface area contributed by atoms with Crippen molar-refractivity contribution in [2.75, 3.05) is 0 Å². The van der Waals surface area contributed by atoms with Crippen LogP contribution in [-0.4, -0.2) is 40.9 Å². The number of nitrogens with one attached hydrogen (secondary N) is 1. The SMILES string of the molecule is C#CC(O)C[C@H](C)/C=C(/C)[C@@H](CC(=O)CCCC1CC(=O)NC(=O)C1)OC(=O)CCCCC=C. The third kappa shape index (κ3) is 12.5. The molecule has 1 heterocycles. The highest BCUT2D eigenvalue weighted by Gasteiger charge is 2.25. The fraction of sp³-hybridized carbons (Fsp3) is 0.630. The van der Waals surface area contributed by atoms with Crippen LogP contribution >= 0.6 is 0 Å². The Morgan fingerprint density at radius 2 is 1.91 bits per heavy atom. The van der Waals surface area contributed by atoms with Crippen LogP contribution in [0.25, 0.3) is 0 Å². The first kappa shape index (κ1) is 29.3. The van der Waals surface area contributed by atoms with E-state index in [2.05, 4.69) is 17.8 Å². The van der Waals surface area contributed by atoms with Crippen LogP contribution in [0.2, 0.25) is 0 Å². The zero-order valence-corrected chi connectivity index (χ0v) is 20.5. The molecule has 1 fully saturated rings. The number of allylic oxidation sites excluding steroid dienone is 2. The summed E-state index contributed by atoms with van der Waals surface area (Å²) in [6.45, 7) is 7.39. The molecule has 0 saturated carbocycles. The van der Waals surface area contributed by atoms with Gasteiger partial charge in [0.05, 0.1) is 0 Å². The maximum atomic E-state index is 12.7. The Hall–Kier alpha value is -2.72. The van der Waals surface area contributed by atoms with Gasteiger partial charge in [0.25, 0.3) is 0 Å². The quantitative estimate of drug-likeness (QED) is 0.116. The van der Waals surface area contributed by atoms with E-state index in [-0.39, 0.29) is 48.2 Å². The van der Waals surface area contributed by atoms with E-state index < -0.39 is 12.2 Å². The highest BCUT2D eigenvalue weighted by atomic mass is 16.5. The molecule has 1 aliphatic heterocycles. The minimum absolute atomic E-state index is 0.0386. The summed E-state index contributed by atoms with van der Waals surface area (Å²) in [6, 6.07) is 0. The molecular formula is C27H39NO6. The molecule has 0 spiro atoms. The van der Waals surface area contributed by atoms with Crippen molar-refractivity contribution in [3.05, 3.63) is 24.3 Å². The van der Waals surface area contributed by atoms with Gasteiger partial charge in [-0.3, -0.25) is 24.5 Å². The maximum absolute atomic E-state index is 12.7. The molecule has 7 nitrogen and oxygen atoms in total. The largest absolute Gasteiger partial charge is 0.457 e. The highest BCUT2D eigenvalue weighted by molar-refractivity contribution is 5.97. The van der Waals surface area contributed by atoms with Crippen molar-refractivity contribution < 1.29 is 29.0 Å². The monoisotopic (exact) mass is 473 g/mol. The molecule has 0 bridgehead atoms. The Kier molecular flexibility index (Phi) is 13.8. The summed E-state index contributed by atoms with van der Waals surface area (Å²) >= 11 is 0. The van der Waals surface area contributed by atoms with Crippen molar-refractivity contribution in [3.8, 4) is 12.3 Å². The van der Waals surface area contributed by atoms with Gasteiger partial charge < -0.3 is 9.84 Å². The number of rotatable bonds is 16. The zero-order chi connectivity index (χ0) is 25.5. The van der Waals surface area contributed by atoms with Crippen LogP contribution in [0, 0.1) is 24.2 Å². The number of ether oxygens (including phenoxy) is 1. The van der Waals surface area contributed by atoms with Crippen LogP contribution < -0.4 is 5.32 Å². The van der Waals surface area contributed by atoms with Gasteiger partial charge >= 0.3 is 5.97 Å². The standard InChI is InChI=1S/C27H39NO6/c1-5-7-8-9-13-27(33)34-24(20(4)14-19(3)15-22(29)6-2)18-23(30)12-10-11-21-16-25(31)28-26(32)17-21/h2,5,14,19,21-22,24,29H,1,7-13,15-18H2,3-4H3,(H,28,31,32)/b20-14-/t19-,22?,24-/m1/s1. The summed E-state index contributed by atoms with van der Waals surface area (Å²) in [7, 11) is 0. The molecule has 0 aliphatic carbocycles. The van der Waals surface area contributed by atoms with Crippen LogP contribution in [0.1, 0.15) is 84.5 Å². The molecule has 7 heteroatoms. The van der Waals surface area contributed by atoms with Gasteiger partial charge in [-0.05, 0) is 62.9 Å². The van der Waals surface area contributed by atoms with E-state index in [0.717, 1.165) is 18.4 Å². The number of unbranched alkanes of at least 4 members (excludes halogenated alkanes) is 2. The number of esters is 1. The third-order valence-corrected chi connectivity index (χ3v) is 5.86. The number of terminal acetylenes is 1. The Morgan fingerprint density at radius 3 is 2.53 bits per heavy atom. The molecule has 0 radical (unpaired) electrons. The van der Waals surface area contributed by atoms with Gasteiger partial charge in [0.2, 0.25) is 11.8 Å². The number of hydrogen-bond acceptors (Lipinski definition) is 6. The summed E-state index contributed by atoms with van der Waals surface area (Å²) < 4.78 is 5.67. The second-order valence-corrected chi connectivity index (χ2v) is 9.20. The number of aliphatic hydroxyl groups excluding tert-OH is 1. The lowest BCUT2D eigenvalue weighted by atomic mass is 9.90. The number of hydrogen-bond donors (Lipinski definition) is 2. The second-order valence-electron chi connectivity index (χ2n) is 9.20. The van der Waals surface area contributed by atoms with Crippen molar-refractivity contribution in [3.63, 3.8) is 0 Å². The molecule has 0 aromatic heterocycles. The van der Waals surface area contributed by atoms with Crippen molar-refractivity contribution in [1.82, 2.24) is 5.32 Å².